The van der Waals surface area contributed by atoms with E-state index in [1.807, 2.05) is 36.4 Å². The number of rotatable bonds is 1. The van der Waals surface area contributed by atoms with E-state index in [1.165, 1.54) is 11.3 Å². The van der Waals surface area contributed by atoms with Crippen LogP contribution in [-0.2, 0) is 16.0 Å². The third kappa shape index (κ3) is 2.13. The minimum Gasteiger partial charge on any atom is -0.405 e. The third-order valence-corrected chi connectivity index (χ3v) is 5.68. The van der Waals surface area contributed by atoms with Gasteiger partial charge in [-0.1, -0.05) is 36.4 Å². The monoisotopic (exact) mass is 332 g/mol. The van der Waals surface area contributed by atoms with Crippen LogP contribution in [0.15, 0.2) is 59.6 Å². The highest BCUT2D eigenvalue weighted by Gasteiger charge is 2.57. The highest BCUT2D eigenvalue weighted by molar-refractivity contribution is 6.09. The molecule has 0 unspecified atom stereocenters. The fourth-order valence-corrected chi connectivity index (χ4v) is 4.52. The van der Waals surface area contributed by atoms with Crippen LogP contribution in [0.5, 0.6) is 0 Å². The standard InChI is InChI=1S/C21H20N2O2/c24-20-21(22-19(25-20)15-8-2-1-3-9-15)14-16-10-4-5-11-17(16)23-13-7-6-12-18(21)23/h1-5,8-11,18H,6-7,12-14H2/t18-,21-/m1/s1. The Balaban J connectivity index is 1.64. The van der Waals surface area contributed by atoms with Gasteiger partial charge in [0.1, 0.15) is 0 Å². The van der Waals surface area contributed by atoms with Crippen LogP contribution in [0.1, 0.15) is 30.4 Å². The van der Waals surface area contributed by atoms with Crippen LogP contribution >= 0.6 is 0 Å². The summed E-state index contributed by atoms with van der Waals surface area (Å²) in [6, 6.07) is 18.2. The van der Waals surface area contributed by atoms with Crippen molar-refractivity contribution in [2.45, 2.75) is 37.3 Å². The van der Waals surface area contributed by atoms with E-state index in [0.717, 1.165) is 31.4 Å². The zero-order valence-electron chi connectivity index (χ0n) is 14.0. The average Bonchev–Trinajstić information content (AvgIpc) is 3.00. The van der Waals surface area contributed by atoms with E-state index < -0.39 is 5.54 Å². The van der Waals surface area contributed by atoms with E-state index in [1.54, 1.807) is 0 Å². The molecule has 0 bridgehead atoms. The van der Waals surface area contributed by atoms with Crippen molar-refractivity contribution in [3.8, 4) is 0 Å². The van der Waals surface area contributed by atoms with E-state index in [0.29, 0.717) is 12.3 Å². The lowest BCUT2D eigenvalue weighted by molar-refractivity contribution is -0.140. The fourth-order valence-electron chi connectivity index (χ4n) is 4.52. The molecule has 0 aromatic heterocycles. The van der Waals surface area contributed by atoms with Crippen molar-refractivity contribution in [3.63, 3.8) is 0 Å². The summed E-state index contributed by atoms with van der Waals surface area (Å²) >= 11 is 0. The van der Waals surface area contributed by atoms with Crippen LogP contribution in [0.3, 0.4) is 0 Å². The van der Waals surface area contributed by atoms with Crippen LogP contribution in [0, 0.1) is 0 Å². The maximum Gasteiger partial charge on any atom is 0.343 e. The Bertz CT molecular complexity index is 861. The quantitative estimate of drug-likeness (QED) is 0.752. The number of aliphatic imine (C=N–C) groups is 1. The molecule has 0 saturated carbocycles. The molecule has 1 fully saturated rings. The van der Waals surface area contributed by atoms with Crippen LogP contribution < -0.4 is 4.90 Å². The lowest BCUT2D eigenvalue weighted by Gasteiger charge is -2.48. The Labute approximate surface area is 147 Å². The second-order valence-electron chi connectivity index (χ2n) is 7.11. The molecule has 1 saturated heterocycles. The van der Waals surface area contributed by atoms with Gasteiger partial charge in [-0.3, -0.25) is 0 Å². The molecule has 3 heterocycles. The number of hydrogen-bond donors (Lipinski definition) is 0. The molecule has 2 aromatic carbocycles. The van der Waals surface area contributed by atoms with Gasteiger partial charge in [-0.15, -0.1) is 0 Å². The molecule has 126 valence electrons. The molecular weight excluding hydrogens is 312 g/mol. The number of nitrogens with zero attached hydrogens (tertiary/aromatic N) is 2. The minimum atomic E-state index is -0.806. The van der Waals surface area contributed by atoms with Gasteiger partial charge in [0.25, 0.3) is 0 Å². The Kier molecular flexibility index (Phi) is 3.20. The van der Waals surface area contributed by atoms with Gasteiger partial charge in [0.15, 0.2) is 5.54 Å². The van der Waals surface area contributed by atoms with Crippen molar-refractivity contribution in [1.82, 2.24) is 0 Å². The van der Waals surface area contributed by atoms with E-state index >= 15 is 0 Å². The van der Waals surface area contributed by atoms with Gasteiger partial charge in [0.05, 0.1) is 6.04 Å². The maximum absolute atomic E-state index is 13.0. The summed E-state index contributed by atoms with van der Waals surface area (Å²) in [6.45, 7) is 0.979. The zero-order valence-corrected chi connectivity index (χ0v) is 14.0. The molecule has 0 N–H and O–H groups in total. The number of piperidine rings is 1. The van der Waals surface area contributed by atoms with E-state index in [4.69, 9.17) is 9.73 Å². The first-order valence-corrected chi connectivity index (χ1v) is 9.00. The molecule has 5 rings (SSSR count). The maximum atomic E-state index is 13.0. The van der Waals surface area contributed by atoms with Crippen molar-refractivity contribution < 1.29 is 9.53 Å². The second-order valence-corrected chi connectivity index (χ2v) is 7.11. The molecule has 0 aliphatic carbocycles. The number of anilines is 1. The Morgan fingerprint density at radius 1 is 1.04 bits per heavy atom. The predicted octanol–water partition coefficient (Wildman–Crippen LogP) is 3.34. The SMILES string of the molecule is O=C1OC(c2ccccc2)=N[C@@]12Cc1ccccc1N1CCCC[C@@H]12. The summed E-state index contributed by atoms with van der Waals surface area (Å²) < 4.78 is 5.69. The largest absolute Gasteiger partial charge is 0.405 e. The summed E-state index contributed by atoms with van der Waals surface area (Å²) in [6.07, 6.45) is 3.90. The fraction of sp³-hybridized carbons (Fsp3) is 0.333. The Morgan fingerprint density at radius 3 is 2.72 bits per heavy atom. The predicted molar refractivity (Wildman–Crippen MR) is 96.9 cm³/mol. The first-order valence-electron chi connectivity index (χ1n) is 9.00. The van der Waals surface area contributed by atoms with E-state index in [9.17, 15) is 4.79 Å². The van der Waals surface area contributed by atoms with Crippen molar-refractivity contribution in [2.75, 3.05) is 11.4 Å². The van der Waals surface area contributed by atoms with Crippen LogP contribution in [0.4, 0.5) is 5.69 Å². The highest BCUT2D eigenvalue weighted by atomic mass is 16.6. The smallest absolute Gasteiger partial charge is 0.343 e. The molecule has 2 atom stereocenters. The number of carbonyl (C=O) groups excluding carboxylic acids is 1. The first-order chi connectivity index (χ1) is 12.3. The van der Waals surface area contributed by atoms with Gasteiger partial charge in [-0.25, -0.2) is 9.79 Å². The number of cyclic esters (lactones) is 1. The topological polar surface area (TPSA) is 41.9 Å². The summed E-state index contributed by atoms with van der Waals surface area (Å²) in [7, 11) is 0. The van der Waals surface area contributed by atoms with Gasteiger partial charge in [0, 0.05) is 24.2 Å². The molecule has 25 heavy (non-hydrogen) atoms. The summed E-state index contributed by atoms with van der Waals surface area (Å²) in [5.74, 6) is 0.272. The number of ether oxygens (including phenoxy) is 1. The van der Waals surface area contributed by atoms with Crippen molar-refractivity contribution in [1.29, 1.82) is 0 Å². The third-order valence-electron chi connectivity index (χ3n) is 5.68. The molecule has 0 amide bonds. The molecular formula is C21H20N2O2. The summed E-state index contributed by atoms with van der Waals surface area (Å²) in [5, 5.41) is 0. The number of carbonyl (C=O) groups is 1. The van der Waals surface area contributed by atoms with Gasteiger partial charge in [-0.05, 0) is 43.0 Å². The van der Waals surface area contributed by atoms with E-state index in [2.05, 4.69) is 23.1 Å². The van der Waals surface area contributed by atoms with Crippen molar-refractivity contribution in [3.05, 3.63) is 65.7 Å². The number of esters is 1. The lowest BCUT2D eigenvalue weighted by Crippen LogP contribution is -2.61. The summed E-state index contributed by atoms with van der Waals surface area (Å²) in [5.41, 5.74) is 2.51. The number of para-hydroxylation sites is 1. The Morgan fingerprint density at radius 2 is 1.84 bits per heavy atom. The number of fused-ring (bicyclic) bond motifs is 4. The molecule has 0 radical (unpaired) electrons. The average molecular weight is 332 g/mol. The number of hydrogen-bond acceptors (Lipinski definition) is 4. The second kappa shape index (κ2) is 5.45. The molecule has 2 aromatic rings. The molecule has 4 heteroatoms. The molecule has 3 aliphatic rings. The summed E-state index contributed by atoms with van der Waals surface area (Å²) in [4.78, 5) is 20.3. The molecule has 4 nitrogen and oxygen atoms in total. The van der Waals surface area contributed by atoms with Gasteiger partial charge in [0.2, 0.25) is 5.90 Å². The first kappa shape index (κ1) is 14.7. The van der Waals surface area contributed by atoms with Crippen LogP contribution in [-0.4, -0.2) is 30.0 Å². The zero-order chi connectivity index (χ0) is 16.9. The van der Waals surface area contributed by atoms with Crippen molar-refractivity contribution in [2.24, 2.45) is 4.99 Å². The van der Waals surface area contributed by atoms with Gasteiger partial charge < -0.3 is 9.64 Å². The number of benzene rings is 2. The molecule has 1 spiro atoms. The van der Waals surface area contributed by atoms with Gasteiger partial charge in [-0.2, -0.15) is 0 Å². The van der Waals surface area contributed by atoms with E-state index in [-0.39, 0.29) is 12.0 Å². The van der Waals surface area contributed by atoms with Crippen LogP contribution in [0.2, 0.25) is 0 Å². The molecule has 3 aliphatic heterocycles. The lowest BCUT2D eigenvalue weighted by atomic mass is 9.75. The van der Waals surface area contributed by atoms with Gasteiger partial charge >= 0.3 is 5.97 Å². The minimum absolute atomic E-state index is 0.0878. The normalized spacial score (nSPS) is 27.5. The van der Waals surface area contributed by atoms with Crippen LogP contribution in [0.25, 0.3) is 0 Å². The Hall–Kier alpha value is -2.62. The van der Waals surface area contributed by atoms with Crippen molar-refractivity contribution >= 4 is 17.6 Å². The highest BCUT2D eigenvalue weighted by Crippen LogP contribution is 2.45.